The van der Waals surface area contributed by atoms with Gasteiger partial charge in [-0.05, 0) is 49.8 Å². The highest BCUT2D eigenvalue weighted by Crippen LogP contribution is 2.17. The van der Waals surface area contributed by atoms with Crippen LogP contribution in [0.3, 0.4) is 0 Å². The van der Waals surface area contributed by atoms with E-state index in [1.165, 1.54) is 5.56 Å². The van der Waals surface area contributed by atoms with Crippen LogP contribution < -0.4 is 5.73 Å². The van der Waals surface area contributed by atoms with Crippen LogP contribution in [0.4, 0.5) is 10.5 Å². The van der Waals surface area contributed by atoms with Crippen LogP contribution >= 0.6 is 0 Å². The standard InChI is InChI=1S/C13H19NO3/c1-10-11(7-5-8-12(10)14)6-3-2-4-9-17-13(15)16/h5,7-8H,2-4,6,9,14H2,1H3,(H,15,16). The predicted molar refractivity (Wildman–Crippen MR) is 67.1 cm³/mol. The lowest BCUT2D eigenvalue weighted by atomic mass is 10.0. The number of carboxylic acid groups (broad SMARTS) is 1. The molecule has 1 rings (SSSR count). The zero-order valence-corrected chi connectivity index (χ0v) is 10.1. The minimum Gasteiger partial charge on any atom is -0.450 e. The first-order valence-electron chi connectivity index (χ1n) is 5.81. The number of unbranched alkanes of at least 4 members (excludes halogenated alkanes) is 2. The Balaban J connectivity index is 2.22. The fraction of sp³-hybridized carbons (Fsp3) is 0.462. The zero-order valence-electron chi connectivity index (χ0n) is 10.1. The van der Waals surface area contributed by atoms with Gasteiger partial charge >= 0.3 is 6.16 Å². The van der Waals surface area contributed by atoms with Crippen molar-refractivity contribution >= 4 is 11.8 Å². The fourth-order valence-corrected chi connectivity index (χ4v) is 1.73. The molecule has 4 heteroatoms. The molecule has 0 atom stereocenters. The minimum absolute atomic E-state index is 0.283. The summed E-state index contributed by atoms with van der Waals surface area (Å²) in [4.78, 5) is 10.1. The summed E-state index contributed by atoms with van der Waals surface area (Å²) in [5.41, 5.74) is 9.07. The van der Waals surface area contributed by atoms with Gasteiger partial charge in [0.2, 0.25) is 0 Å². The van der Waals surface area contributed by atoms with E-state index in [9.17, 15) is 4.79 Å². The predicted octanol–water partition coefficient (Wildman–Crippen LogP) is 2.98. The molecule has 0 aliphatic heterocycles. The van der Waals surface area contributed by atoms with E-state index < -0.39 is 6.16 Å². The Morgan fingerprint density at radius 1 is 1.35 bits per heavy atom. The number of carbonyl (C=O) groups is 1. The van der Waals surface area contributed by atoms with E-state index in [1.54, 1.807) is 0 Å². The fourth-order valence-electron chi connectivity index (χ4n) is 1.73. The highest BCUT2D eigenvalue weighted by atomic mass is 16.7. The van der Waals surface area contributed by atoms with E-state index in [0.29, 0.717) is 0 Å². The molecule has 0 saturated heterocycles. The molecule has 0 bridgehead atoms. The van der Waals surface area contributed by atoms with E-state index in [2.05, 4.69) is 10.8 Å². The molecule has 17 heavy (non-hydrogen) atoms. The van der Waals surface area contributed by atoms with Gasteiger partial charge in [0.1, 0.15) is 0 Å². The Morgan fingerprint density at radius 2 is 2.12 bits per heavy atom. The van der Waals surface area contributed by atoms with E-state index in [4.69, 9.17) is 10.8 Å². The largest absolute Gasteiger partial charge is 0.505 e. The van der Waals surface area contributed by atoms with E-state index in [-0.39, 0.29) is 6.61 Å². The van der Waals surface area contributed by atoms with Crippen molar-refractivity contribution in [1.29, 1.82) is 0 Å². The molecule has 0 aliphatic rings. The number of rotatable bonds is 6. The highest BCUT2D eigenvalue weighted by Gasteiger charge is 2.01. The lowest BCUT2D eigenvalue weighted by molar-refractivity contribution is 0.0900. The van der Waals surface area contributed by atoms with Crippen molar-refractivity contribution in [2.75, 3.05) is 12.3 Å². The van der Waals surface area contributed by atoms with Crippen LogP contribution in [0.5, 0.6) is 0 Å². The molecule has 0 heterocycles. The Labute approximate surface area is 101 Å². The van der Waals surface area contributed by atoms with Crippen molar-refractivity contribution in [2.45, 2.75) is 32.6 Å². The molecule has 1 aromatic rings. The maximum Gasteiger partial charge on any atom is 0.505 e. The van der Waals surface area contributed by atoms with Crippen LogP contribution in [-0.2, 0) is 11.2 Å². The lowest BCUT2D eigenvalue weighted by Crippen LogP contribution is -2.02. The van der Waals surface area contributed by atoms with E-state index >= 15 is 0 Å². The summed E-state index contributed by atoms with van der Waals surface area (Å²) in [6, 6.07) is 5.95. The summed E-state index contributed by atoms with van der Waals surface area (Å²) in [7, 11) is 0. The van der Waals surface area contributed by atoms with Gasteiger partial charge in [-0.15, -0.1) is 0 Å². The molecule has 0 unspecified atom stereocenters. The van der Waals surface area contributed by atoms with Crippen LogP contribution in [-0.4, -0.2) is 17.9 Å². The first-order chi connectivity index (χ1) is 8.11. The third-order valence-electron chi connectivity index (χ3n) is 2.80. The maximum absolute atomic E-state index is 10.1. The normalized spacial score (nSPS) is 10.2. The van der Waals surface area contributed by atoms with Crippen LogP contribution in [0, 0.1) is 6.92 Å². The van der Waals surface area contributed by atoms with Gasteiger partial charge in [0.05, 0.1) is 6.61 Å². The number of hydrogen-bond donors (Lipinski definition) is 2. The van der Waals surface area contributed by atoms with Gasteiger partial charge in [0.25, 0.3) is 0 Å². The Kier molecular flexibility index (Phi) is 5.33. The third kappa shape index (κ3) is 4.76. The van der Waals surface area contributed by atoms with Crippen LogP contribution in [0.25, 0.3) is 0 Å². The molecule has 0 saturated carbocycles. The molecular weight excluding hydrogens is 218 g/mol. The van der Waals surface area contributed by atoms with E-state index in [0.717, 1.165) is 36.9 Å². The number of nitrogens with two attached hydrogens (primary N) is 1. The summed E-state index contributed by atoms with van der Waals surface area (Å²) in [5.74, 6) is 0. The third-order valence-corrected chi connectivity index (χ3v) is 2.80. The number of ether oxygens (including phenoxy) is 1. The second kappa shape index (κ2) is 6.78. The summed E-state index contributed by atoms with van der Waals surface area (Å²) in [6.45, 7) is 2.31. The smallest absolute Gasteiger partial charge is 0.450 e. The number of anilines is 1. The Morgan fingerprint density at radius 3 is 2.82 bits per heavy atom. The molecule has 0 aromatic heterocycles. The SMILES string of the molecule is Cc1c(N)cccc1CCCCCOC(=O)O. The molecule has 0 aliphatic carbocycles. The molecule has 0 amide bonds. The molecule has 0 fully saturated rings. The van der Waals surface area contributed by atoms with Crippen molar-refractivity contribution < 1.29 is 14.6 Å². The summed E-state index contributed by atoms with van der Waals surface area (Å²) >= 11 is 0. The summed E-state index contributed by atoms with van der Waals surface area (Å²) in [6.07, 6.45) is 2.53. The zero-order chi connectivity index (χ0) is 12.7. The van der Waals surface area contributed by atoms with Crippen molar-refractivity contribution in [3.05, 3.63) is 29.3 Å². The minimum atomic E-state index is -1.20. The second-order valence-electron chi connectivity index (χ2n) is 4.06. The number of aryl methyl sites for hydroxylation is 1. The van der Waals surface area contributed by atoms with Gasteiger partial charge in [0.15, 0.2) is 0 Å². The lowest BCUT2D eigenvalue weighted by Gasteiger charge is -2.08. The number of hydrogen-bond acceptors (Lipinski definition) is 3. The molecular formula is C13H19NO3. The average Bonchev–Trinajstić information content (AvgIpc) is 2.28. The van der Waals surface area contributed by atoms with Crippen molar-refractivity contribution in [1.82, 2.24) is 0 Å². The molecule has 94 valence electrons. The number of nitrogen functional groups attached to an aromatic ring is 1. The van der Waals surface area contributed by atoms with Gasteiger partial charge in [0, 0.05) is 5.69 Å². The van der Waals surface area contributed by atoms with Crippen LogP contribution in [0.15, 0.2) is 18.2 Å². The van der Waals surface area contributed by atoms with Crippen molar-refractivity contribution in [3.63, 3.8) is 0 Å². The maximum atomic E-state index is 10.1. The van der Waals surface area contributed by atoms with Crippen LogP contribution in [0.2, 0.25) is 0 Å². The molecule has 4 nitrogen and oxygen atoms in total. The molecule has 0 spiro atoms. The number of benzene rings is 1. The summed E-state index contributed by atoms with van der Waals surface area (Å²) in [5, 5.41) is 8.28. The topological polar surface area (TPSA) is 72.5 Å². The second-order valence-corrected chi connectivity index (χ2v) is 4.06. The van der Waals surface area contributed by atoms with Crippen LogP contribution in [0.1, 0.15) is 30.4 Å². The first kappa shape index (κ1) is 13.4. The molecule has 0 radical (unpaired) electrons. The average molecular weight is 237 g/mol. The molecule has 1 aromatic carbocycles. The van der Waals surface area contributed by atoms with Crippen molar-refractivity contribution in [3.8, 4) is 0 Å². The quantitative estimate of drug-likeness (QED) is 0.453. The Bertz CT molecular complexity index is 377. The van der Waals surface area contributed by atoms with Gasteiger partial charge in [-0.2, -0.15) is 0 Å². The van der Waals surface area contributed by atoms with Gasteiger partial charge < -0.3 is 15.6 Å². The molecule has 3 N–H and O–H groups in total. The van der Waals surface area contributed by atoms with Gasteiger partial charge in [-0.25, -0.2) is 4.79 Å². The van der Waals surface area contributed by atoms with Crippen molar-refractivity contribution in [2.24, 2.45) is 0 Å². The van der Waals surface area contributed by atoms with E-state index in [1.807, 2.05) is 19.1 Å². The monoisotopic (exact) mass is 237 g/mol. The summed E-state index contributed by atoms with van der Waals surface area (Å²) < 4.78 is 4.43. The highest BCUT2D eigenvalue weighted by molar-refractivity contribution is 5.56. The Hall–Kier alpha value is -1.71. The van der Waals surface area contributed by atoms with Gasteiger partial charge in [-0.1, -0.05) is 12.1 Å². The van der Waals surface area contributed by atoms with Gasteiger partial charge in [-0.3, -0.25) is 0 Å². The first-order valence-corrected chi connectivity index (χ1v) is 5.81.